The molecule has 106 valence electrons. The Morgan fingerprint density at radius 2 is 2.05 bits per heavy atom. The third-order valence-electron chi connectivity index (χ3n) is 3.25. The first-order chi connectivity index (χ1) is 10.1. The topological polar surface area (TPSA) is 34.9 Å². The summed E-state index contributed by atoms with van der Waals surface area (Å²) in [6.07, 6.45) is 2.48. The van der Waals surface area contributed by atoms with Crippen LogP contribution >= 0.6 is 11.3 Å². The van der Waals surface area contributed by atoms with E-state index in [1.165, 1.54) is 12.1 Å². The average Bonchev–Trinajstić information content (AvgIpc) is 3.04. The summed E-state index contributed by atoms with van der Waals surface area (Å²) in [6, 6.07) is 8.45. The normalized spacial score (nSPS) is 10.8. The second-order valence-corrected chi connectivity index (χ2v) is 6.12. The molecule has 0 saturated heterocycles. The molecular weight excluding hydrogens is 287 g/mol. The summed E-state index contributed by atoms with van der Waals surface area (Å²) in [5.41, 5.74) is 2.72. The van der Waals surface area contributed by atoms with Crippen LogP contribution < -0.4 is 0 Å². The number of thiophene rings is 1. The maximum absolute atomic E-state index is 13.2. The van der Waals surface area contributed by atoms with Crippen LogP contribution in [-0.4, -0.2) is 16.1 Å². The van der Waals surface area contributed by atoms with Crippen molar-refractivity contribution >= 4 is 17.6 Å². The van der Waals surface area contributed by atoms with Gasteiger partial charge >= 0.3 is 0 Å². The molecule has 0 radical (unpaired) electrons. The first-order valence-corrected chi connectivity index (χ1v) is 7.28. The van der Waals surface area contributed by atoms with Crippen molar-refractivity contribution in [2.75, 3.05) is 0 Å². The van der Waals surface area contributed by atoms with E-state index in [2.05, 4.69) is 5.10 Å². The van der Waals surface area contributed by atoms with Crippen molar-refractivity contribution in [3.63, 3.8) is 0 Å². The zero-order valence-corrected chi connectivity index (χ0v) is 12.4. The number of aryl methyl sites for hydroxylation is 2. The van der Waals surface area contributed by atoms with Crippen LogP contribution in [0.25, 0.3) is 16.3 Å². The van der Waals surface area contributed by atoms with Crippen molar-refractivity contribution < 1.29 is 9.18 Å². The van der Waals surface area contributed by atoms with E-state index in [9.17, 15) is 9.18 Å². The Morgan fingerprint density at radius 1 is 1.24 bits per heavy atom. The van der Waals surface area contributed by atoms with Gasteiger partial charge in [0, 0.05) is 11.1 Å². The number of halogens is 1. The molecule has 3 nitrogen and oxygen atoms in total. The van der Waals surface area contributed by atoms with E-state index in [4.69, 9.17) is 0 Å². The number of aromatic nitrogens is 2. The Labute approximate surface area is 125 Å². The van der Waals surface area contributed by atoms with Crippen LogP contribution in [0.5, 0.6) is 0 Å². The van der Waals surface area contributed by atoms with Crippen molar-refractivity contribution in [2.45, 2.75) is 13.8 Å². The van der Waals surface area contributed by atoms with Gasteiger partial charge in [0.25, 0.3) is 0 Å². The van der Waals surface area contributed by atoms with Crippen LogP contribution in [0.1, 0.15) is 20.8 Å². The second kappa shape index (κ2) is 5.26. The van der Waals surface area contributed by atoms with Crippen LogP contribution in [0, 0.1) is 19.7 Å². The molecule has 3 rings (SSSR count). The van der Waals surface area contributed by atoms with E-state index >= 15 is 0 Å². The van der Waals surface area contributed by atoms with Gasteiger partial charge in [-0.1, -0.05) is 0 Å². The van der Waals surface area contributed by atoms with Crippen molar-refractivity contribution in [2.24, 2.45) is 0 Å². The van der Waals surface area contributed by atoms with Crippen LogP contribution in [0.2, 0.25) is 0 Å². The standard InChI is InChI=1S/C16H13FN2OS/c1-10-7-13(17)4-5-14(10)19-8-12(9-20)16(18-19)15-6-3-11(2)21-15/h3-9H,1-2H3. The molecule has 0 aliphatic carbocycles. The van der Waals surface area contributed by atoms with Gasteiger partial charge in [0.05, 0.1) is 16.1 Å². The number of carbonyl (C=O) groups is 1. The van der Waals surface area contributed by atoms with Crippen LogP contribution in [0.4, 0.5) is 4.39 Å². The summed E-state index contributed by atoms with van der Waals surface area (Å²) in [5.74, 6) is -0.284. The molecular formula is C16H13FN2OS. The first-order valence-electron chi connectivity index (χ1n) is 6.46. The molecule has 5 heteroatoms. The van der Waals surface area contributed by atoms with Gasteiger partial charge in [0.2, 0.25) is 0 Å². The molecule has 0 amide bonds. The number of nitrogens with zero attached hydrogens (tertiary/aromatic N) is 2. The molecule has 0 aliphatic rings. The van der Waals surface area contributed by atoms with Crippen molar-refractivity contribution in [1.29, 1.82) is 0 Å². The quantitative estimate of drug-likeness (QED) is 0.680. The predicted octanol–water partition coefficient (Wildman–Crippen LogP) is 4.17. The summed E-state index contributed by atoms with van der Waals surface area (Å²) in [6.45, 7) is 3.82. The largest absolute Gasteiger partial charge is 0.298 e. The number of aldehydes is 1. The van der Waals surface area contributed by atoms with E-state index in [0.29, 0.717) is 11.3 Å². The Bertz CT molecular complexity index is 820. The third kappa shape index (κ3) is 2.52. The number of rotatable bonds is 3. The van der Waals surface area contributed by atoms with Gasteiger partial charge in [-0.3, -0.25) is 4.79 Å². The average molecular weight is 300 g/mol. The molecule has 2 heterocycles. The van der Waals surface area contributed by atoms with Crippen molar-refractivity contribution in [3.05, 3.63) is 58.3 Å². The number of hydrogen-bond acceptors (Lipinski definition) is 3. The molecule has 1 aromatic carbocycles. The van der Waals surface area contributed by atoms with Crippen LogP contribution in [0.3, 0.4) is 0 Å². The molecule has 0 fully saturated rings. The van der Waals surface area contributed by atoms with Crippen molar-refractivity contribution in [3.8, 4) is 16.3 Å². The molecule has 0 bridgehead atoms. The lowest BCUT2D eigenvalue weighted by molar-refractivity contribution is 0.112. The molecule has 3 aromatic rings. The maximum atomic E-state index is 13.2. The van der Waals surface area contributed by atoms with Gasteiger partial charge in [-0.25, -0.2) is 9.07 Å². The summed E-state index contributed by atoms with van der Waals surface area (Å²) in [7, 11) is 0. The molecule has 0 atom stereocenters. The minimum Gasteiger partial charge on any atom is -0.298 e. The monoisotopic (exact) mass is 300 g/mol. The number of hydrogen-bond donors (Lipinski definition) is 0. The highest BCUT2D eigenvalue weighted by molar-refractivity contribution is 7.15. The minimum atomic E-state index is -0.284. The molecule has 2 aromatic heterocycles. The maximum Gasteiger partial charge on any atom is 0.153 e. The Hall–Kier alpha value is -2.27. The van der Waals surface area contributed by atoms with E-state index in [-0.39, 0.29) is 5.82 Å². The summed E-state index contributed by atoms with van der Waals surface area (Å²) in [5, 5.41) is 4.50. The highest BCUT2D eigenvalue weighted by Gasteiger charge is 2.14. The molecule has 0 saturated carbocycles. The first kappa shape index (κ1) is 13.7. The number of benzene rings is 1. The minimum absolute atomic E-state index is 0.284. The Balaban J connectivity index is 2.13. The molecule has 0 spiro atoms. The molecule has 0 N–H and O–H groups in total. The lowest BCUT2D eigenvalue weighted by Crippen LogP contribution is -1.98. The van der Waals surface area contributed by atoms with Gasteiger partial charge in [-0.15, -0.1) is 11.3 Å². The Kier molecular flexibility index (Phi) is 3.43. The highest BCUT2D eigenvalue weighted by atomic mass is 32.1. The Morgan fingerprint density at radius 3 is 2.67 bits per heavy atom. The fourth-order valence-corrected chi connectivity index (χ4v) is 3.10. The highest BCUT2D eigenvalue weighted by Crippen LogP contribution is 2.29. The zero-order valence-electron chi connectivity index (χ0n) is 11.6. The lowest BCUT2D eigenvalue weighted by Gasteiger charge is -2.05. The fraction of sp³-hybridized carbons (Fsp3) is 0.125. The zero-order chi connectivity index (χ0) is 15.0. The van der Waals surface area contributed by atoms with E-state index in [1.807, 2.05) is 26.0 Å². The molecule has 0 aliphatic heterocycles. The summed E-state index contributed by atoms with van der Waals surface area (Å²) in [4.78, 5) is 13.4. The second-order valence-electron chi connectivity index (χ2n) is 4.84. The summed E-state index contributed by atoms with van der Waals surface area (Å²) >= 11 is 1.59. The fourth-order valence-electron chi connectivity index (χ4n) is 2.23. The number of carbonyl (C=O) groups excluding carboxylic acids is 1. The SMILES string of the molecule is Cc1ccc(-c2nn(-c3ccc(F)cc3C)cc2C=O)s1. The molecule has 0 unspecified atom stereocenters. The van der Waals surface area contributed by atoms with Gasteiger partial charge in [-0.05, 0) is 49.7 Å². The van der Waals surface area contributed by atoms with Gasteiger partial charge in [-0.2, -0.15) is 5.10 Å². The lowest BCUT2D eigenvalue weighted by atomic mass is 10.2. The van der Waals surface area contributed by atoms with Gasteiger partial charge in [0.1, 0.15) is 11.5 Å². The van der Waals surface area contributed by atoms with Gasteiger partial charge in [0.15, 0.2) is 6.29 Å². The van der Waals surface area contributed by atoms with E-state index in [1.54, 1.807) is 28.3 Å². The van der Waals surface area contributed by atoms with Crippen LogP contribution in [0.15, 0.2) is 36.5 Å². The van der Waals surface area contributed by atoms with Crippen LogP contribution in [-0.2, 0) is 0 Å². The summed E-state index contributed by atoms with van der Waals surface area (Å²) < 4.78 is 14.8. The van der Waals surface area contributed by atoms with E-state index in [0.717, 1.165) is 27.3 Å². The molecule has 21 heavy (non-hydrogen) atoms. The predicted molar refractivity (Wildman–Crippen MR) is 81.7 cm³/mol. The van der Waals surface area contributed by atoms with E-state index < -0.39 is 0 Å². The smallest absolute Gasteiger partial charge is 0.153 e. The van der Waals surface area contributed by atoms with Crippen molar-refractivity contribution in [1.82, 2.24) is 9.78 Å². The van der Waals surface area contributed by atoms with Gasteiger partial charge < -0.3 is 0 Å². The third-order valence-corrected chi connectivity index (χ3v) is 4.26.